The predicted octanol–water partition coefficient (Wildman–Crippen LogP) is 3.61. The Morgan fingerprint density at radius 3 is 1.89 bits per heavy atom. The van der Waals surface area contributed by atoms with Crippen LogP contribution in [0.4, 0.5) is 0 Å². The van der Waals surface area contributed by atoms with Gasteiger partial charge in [0.25, 0.3) is 0 Å². The van der Waals surface area contributed by atoms with Crippen LogP contribution in [0.1, 0.15) is 41.0 Å². The number of ether oxygens (including phenoxy) is 4. The molecule has 1 heterocycles. The van der Waals surface area contributed by atoms with Crippen LogP contribution in [0.15, 0.2) is 60.7 Å². The maximum Gasteiger partial charge on any atom is 0.338 e. The average molecular weight is 384 g/mol. The molecule has 2 aromatic rings. The molecule has 0 amide bonds. The quantitative estimate of drug-likeness (QED) is 0.709. The third-order valence-electron chi connectivity index (χ3n) is 4.51. The first kappa shape index (κ1) is 20.0. The maximum absolute atomic E-state index is 12.5. The molecule has 1 aliphatic heterocycles. The summed E-state index contributed by atoms with van der Waals surface area (Å²) in [5.74, 6) is -0.911. The highest BCUT2D eigenvalue weighted by Gasteiger charge is 2.41. The first-order valence-corrected chi connectivity index (χ1v) is 9.37. The number of benzene rings is 2. The molecular formula is C22H24O6. The fourth-order valence-corrected chi connectivity index (χ4v) is 3.04. The van der Waals surface area contributed by atoms with Crippen LogP contribution in [0.5, 0.6) is 0 Å². The number of hydrogen-bond donors (Lipinski definition) is 0. The smallest absolute Gasteiger partial charge is 0.338 e. The molecule has 0 saturated carbocycles. The molecule has 0 N–H and O–H groups in total. The highest BCUT2D eigenvalue weighted by Crippen LogP contribution is 2.27. The Kier molecular flexibility index (Phi) is 6.79. The van der Waals surface area contributed by atoms with Crippen LogP contribution in [0.25, 0.3) is 0 Å². The molecule has 4 atom stereocenters. The third kappa shape index (κ3) is 4.97. The van der Waals surface area contributed by atoms with Gasteiger partial charge < -0.3 is 18.9 Å². The lowest BCUT2D eigenvalue weighted by Crippen LogP contribution is -2.50. The van der Waals surface area contributed by atoms with Crippen molar-refractivity contribution in [3.05, 3.63) is 71.8 Å². The van der Waals surface area contributed by atoms with E-state index in [0.29, 0.717) is 24.2 Å². The number of hydrogen-bond acceptors (Lipinski definition) is 6. The van der Waals surface area contributed by atoms with Crippen molar-refractivity contribution in [2.75, 3.05) is 6.61 Å². The molecule has 1 aliphatic rings. The van der Waals surface area contributed by atoms with E-state index in [0.717, 1.165) is 0 Å². The highest BCUT2D eigenvalue weighted by atomic mass is 16.7. The monoisotopic (exact) mass is 384 g/mol. The van der Waals surface area contributed by atoms with Gasteiger partial charge in [-0.05, 0) is 38.1 Å². The van der Waals surface area contributed by atoms with Gasteiger partial charge in [0.15, 0.2) is 12.4 Å². The van der Waals surface area contributed by atoms with Crippen molar-refractivity contribution < 1.29 is 28.5 Å². The van der Waals surface area contributed by atoms with E-state index < -0.39 is 36.5 Å². The molecule has 2 unspecified atom stereocenters. The Balaban J connectivity index is 1.70. The molecule has 1 fully saturated rings. The molecule has 2 aromatic carbocycles. The molecule has 0 bridgehead atoms. The van der Waals surface area contributed by atoms with Gasteiger partial charge in [-0.15, -0.1) is 0 Å². The minimum Gasteiger partial charge on any atom is -0.456 e. The second kappa shape index (κ2) is 9.48. The van der Waals surface area contributed by atoms with Gasteiger partial charge in [-0.3, -0.25) is 0 Å². The van der Waals surface area contributed by atoms with Crippen molar-refractivity contribution in [3.63, 3.8) is 0 Å². The molecule has 0 aliphatic carbocycles. The second-order valence-electron chi connectivity index (χ2n) is 6.52. The number of rotatable bonds is 6. The Bertz CT molecular complexity index is 776. The zero-order chi connectivity index (χ0) is 19.9. The van der Waals surface area contributed by atoms with Gasteiger partial charge in [-0.1, -0.05) is 36.4 Å². The molecule has 148 valence electrons. The fourth-order valence-electron chi connectivity index (χ4n) is 3.04. The Morgan fingerprint density at radius 1 is 0.893 bits per heavy atom. The Labute approximate surface area is 164 Å². The summed E-state index contributed by atoms with van der Waals surface area (Å²) in [6.45, 7) is 4.06. The zero-order valence-corrected chi connectivity index (χ0v) is 15.9. The number of carbonyl (C=O) groups excluding carboxylic acids is 2. The third-order valence-corrected chi connectivity index (χ3v) is 4.51. The van der Waals surface area contributed by atoms with Crippen molar-refractivity contribution in [2.24, 2.45) is 0 Å². The summed E-state index contributed by atoms with van der Waals surface area (Å²) >= 11 is 0. The largest absolute Gasteiger partial charge is 0.456 e. The summed E-state index contributed by atoms with van der Waals surface area (Å²) in [4.78, 5) is 24.9. The minimum atomic E-state index is -0.709. The van der Waals surface area contributed by atoms with Gasteiger partial charge in [0.1, 0.15) is 6.10 Å². The van der Waals surface area contributed by atoms with Gasteiger partial charge in [-0.25, -0.2) is 9.59 Å². The molecule has 0 radical (unpaired) electrons. The average Bonchev–Trinajstić information content (AvgIpc) is 2.72. The molecule has 0 spiro atoms. The topological polar surface area (TPSA) is 71.1 Å². The standard InChI is InChI=1S/C22H24O6/c1-3-25-22-19(28-21(24)17-12-8-5-9-13-17)14-18(15(2)26-22)27-20(23)16-10-6-4-7-11-16/h4-13,15,18-19,22H,3,14H2,1-2H3/t15?,18-,19?,22-/m1/s1. The summed E-state index contributed by atoms with van der Waals surface area (Å²) in [5, 5.41) is 0. The first-order chi connectivity index (χ1) is 13.6. The minimum absolute atomic E-state index is 0.295. The molecule has 28 heavy (non-hydrogen) atoms. The van der Waals surface area contributed by atoms with Crippen LogP contribution in [0.2, 0.25) is 0 Å². The van der Waals surface area contributed by atoms with E-state index in [1.807, 2.05) is 26.0 Å². The van der Waals surface area contributed by atoms with Crippen LogP contribution < -0.4 is 0 Å². The van der Waals surface area contributed by atoms with Crippen LogP contribution in [-0.4, -0.2) is 43.1 Å². The van der Waals surface area contributed by atoms with Crippen LogP contribution in [0, 0.1) is 0 Å². The first-order valence-electron chi connectivity index (χ1n) is 9.37. The van der Waals surface area contributed by atoms with Gasteiger partial charge >= 0.3 is 11.9 Å². The van der Waals surface area contributed by atoms with Gasteiger partial charge in [-0.2, -0.15) is 0 Å². The Morgan fingerprint density at radius 2 is 1.39 bits per heavy atom. The molecule has 6 heteroatoms. The van der Waals surface area contributed by atoms with Crippen molar-refractivity contribution in [1.82, 2.24) is 0 Å². The van der Waals surface area contributed by atoms with E-state index >= 15 is 0 Å². The van der Waals surface area contributed by atoms with Crippen molar-refractivity contribution >= 4 is 11.9 Å². The summed E-state index contributed by atoms with van der Waals surface area (Å²) in [6.07, 6.45) is -2.05. The molecule has 6 nitrogen and oxygen atoms in total. The number of carbonyl (C=O) groups is 2. The lowest BCUT2D eigenvalue weighted by Gasteiger charge is -2.38. The zero-order valence-electron chi connectivity index (χ0n) is 15.9. The van der Waals surface area contributed by atoms with Gasteiger partial charge in [0.2, 0.25) is 0 Å². The summed E-state index contributed by atoms with van der Waals surface area (Å²) in [5.41, 5.74) is 0.897. The lowest BCUT2D eigenvalue weighted by atomic mass is 10.0. The van der Waals surface area contributed by atoms with Crippen LogP contribution >= 0.6 is 0 Å². The van der Waals surface area contributed by atoms with E-state index in [2.05, 4.69) is 0 Å². The van der Waals surface area contributed by atoms with Gasteiger partial charge in [0, 0.05) is 13.0 Å². The van der Waals surface area contributed by atoms with E-state index in [4.69, 9.17) is 18.9 Å². The van der Waals surface area contributed by atoms with Crippen LogP contribution in [-0.2, 0) is 18.9 Å². The predicted molar refractivity (Wildman–Crippen MR) is 102 cm³/mol. The highest BCUT2D eigenvalue weighted by molar-refractivity contribution is 5.90. The van der Waals surface area contributed by atoms with Crippen molar-refractivity contribution in [1.29, 1.82) is 0 Å². The van der Waals surface area contributed by atoms with E-state index in [1.165, 1.54) is 0 Å². The SMILES string of the molecule is CCO[C@@H]1OC(C)[C@H](OC(=O)c2ccccc2)CC1OC(=O)c1ccccc1. The van der Waals surface area contributed by atoms with E-state index in [-0.39, 0.29) is 0 Å². The Hall–Kier alpha value is -2.70. The lowest BCUT2D eigenvalue weighted by molar-refractivity contribution is -0.258. The summed E-state index contributed by atoms with van der Waals surface area (Å²) in [6, 6.07) is 17.5. The number of esters is 2. The maximum atomic E-state index is 12.5. The van der Waals surface area contributed by atoms with E-state index in [9.17, 15) is 9.59 Å². The molecule has 1 saturated heterocycles. The van der Waals surface area contributed by atoms with Gasteiger partial charge in [0.05, 0.1) is 17.2 Å². The van der Waals surface area contributed by atoms with E-state index in [1.54, 1.807) is 48.5 Å². The normalized spacial score (nSPS) is 24.4. The van der Waals surface area contributed by atoms with Crippen molar-refractivity contribution in [3.8, 4) is 0 Å². The van der Waals surface area contributed by atoms with Crippen molar-refractivity contribution in [2.45, 2.75) is 44.9 Å². The summed E-state index contributed by atoms with van der Waals surface area (Å²) < 4.78 is 22.7. The molecule has 3 rings (SSSR count). The van der Waals surface area contributed by atoms with Crippen LogP contribution in [0.3, 0.4) is 0 Å². The summed E-state index contributed by atoms with van der Waals surface area (Å²) in [7, 11) is 0. The molecule has 0 aromatic heterocycles. The second-order valence-corrected chi connectivity index (χ2v) is 6.52. The molecular weight excluding hydrogens is 360 g/mol. The fraction of sp³-hybridized carbons (Fsp3) is 0.364.